The molecule has 0 radical (unpaired) electrons. The van der Waals surface area contributed by atoms with Crippen molar-refractivity contribution in [2.45, 2.75) is 44.2 Å². The minimum Gasteiger partial charge on any atom is -0.377 e. The summed E-state index contributed by atoms with van der Waals surface area (Å²) in [4.78, 5) is 8.11. The van der Waals surface area contributed by atoms with Crippen LogP contribution < -0.4 is 21.6 Å². The SMILES string of the molecule is [2H]C([2H])([2H])C([2H])([2H])[C@@H](Nc1c(C#N)cnc2c(Cl)cc(N[C@@]([2H])(C3=CN(C4CC4)NN3)c3ccc(F)nc3)cc12)c1ccccc1. The van der Waals surface area contributed by atoms with Crippen LogP contribution in [0.15, 0.2) is 78.9 Å². The molecule has 0 amide bonds. The van der Waals surface area contributed by atoms with Crippen LogP contribution in [0.25, 0.3) is 10.9 Å². The first-order valence-corrected chi connectivity index (χ1v) is 13.0. The van der Waals surface area contributed by atoms with Crippen LogP contribution in [0, 0.1) is 17.3 Å². The van der Waals surface area contributed by atoms with Crippen molar-refractivity contribution < 1.29 is 12.6 Å². The van der Waals surface area contributed by atoms with Gasteiger partial charge in [0.1, 0.15) is 6.07 Å². The van der Waals surface area contributed by atoms with Gasteiger partial charge in [-0.1, -0.05) is 54.9 Å². The number of benzene rings is 2. The largest absolute Gasteiger partial charge is 0.377 e. The summed E-state index contributed by atoms with van der Waals surface area (Å²) < 4.78 is 64.6. The van der Waals surface area contributed by atoms with Crippen molar-refractivity contribution in [2.75, 3.05) is 10.6 Å². The highest BCUT2D eigenvalue weighted by Gasteiger charge is 2.32. The molecule has 2 aromatic heterocycles. The lowest BCUT2D eigenvalue weighted by molar-refractivity contribution is 0.260. The normalized spacial score (nSPS) is 19.8. The van der Waals surface area contributed by atoms with Crippen molar-refractivity contribution in [3.8, 4) is 6.07 Å². The molecule has 4 N–H and O–H groups in total. The molecular weight excluding hydrogens is 527 g/mol. The molecular formula is C30H28ClFN8. The van der Waals surface area contributed by atoms with Crippen molar-refractivity contribution in [1.29, 1.82) is 5.26 Å². The molecule has 8 nitrogen and oxygen atoms in total. The lowest BCUT2D eigenvalue weighted by atomic mass is 10.0. The zero-order chi connectivity index (χ0) is 32.9. The Balaban J connectivity index is 1.48. The third kappa shape index (κ3) is 5.24. The summed E-state index contributed by atoms with van der Waals surface area (Å²) in [5.74, 6) is -0.707. The maximum Gasteiger partial charge on any atom is 0.212 e. The highest BCUT2D eigenvalue weighted by atomic mass is 35.5. The van der Waals surface area contributed by atoms with Gasteiger partial charge in [0.25, 0.3) is 0 Å². The standard InChI is InChI=1S/C30H28ClFN8/c1-2-25(18-6-4-3-5-7-18)37-28-20(14-33)16-35-30-23(28)12-21(13-24(30)31)36-29(19-8-11-27(32)34-15-19)26-17-40(39-38-26)22-9-10-22/h3-8,11-13,15-17,22,25,29,36,38-39H,2,9-10H2,1H3,(H,35,37)/t25-,29-/m1/s1/i1D3,2D2,29D. The van der Waals surface area contributed by atoms with Crippen LogP contribution in [-0.4, -0.2) is 21.0 Å². The number of anilines is 2. The molecule has 3 heterocycles. The fourth-order valence-electron chi connectivity index (χ4n) is 4.53. The second-order valence-electron chi connectivity index (χ2n) is 9.43. The third-order valence-electron chi connectivity index (χ3n) is 6.69. The number of hydrogen-bond acceptors (Lipinski definition) is 8. The van der Waals surface area contributed by atoms with Crippen molar-refractivity contribution >= 4 is 33.9 Å². The maximum atomic E-state index is 13.8. The van der Waals surface area contributed by atoms with E-state index in [9.17, 15) is 11.0 Å². The number of nitrogens with zero attached hydrogens (tertiary/aromatic N) is 4. The predicted octanol–water partition coefficient (Wildman–Crippen LogP) is 6.34. The van der Waals surface area contributed by atoms with E-state index in [2.05, 4.69) is 37.6 Å². The highest BCUT2D eigenvalue weighted by molar-refractivity contribution is 6.35. The van der Waals surface area contributed by atoms with E-state index in [4.69, 9.17) is 18.5 Å². The van der Waals surface area contributed by atoms with Gasteiger partial charge in [-0.15, -0.1) is 5.53 Å². The van der Waals surface area contributed by atoms with E-state index in [0.717, 1.165) is 18.9 Å². The van der Waals surface area contributed by atoms with Gasteiger partial charge in [0.05, 0.1) is 40.9 Å². The van der Waals surface area contributed by atoms with Crippen LogP contribution in [0.3, 0.4) is 0 Å². The number of aromatic nitrogens is 2. The van der Waals surface area contributed by atoms with Gasteiger partial charge in [0.15, 0.2) is 0 Å². The number of nitriles is 1. The van der Waals surface area contributed by atoms with Crippen molar-refractivity contribution in [1.82, 2.24) is 25.9 Å². The number of halogens is 2. The molecule has 2 aliphatic rings. The zero-order valence-electron chi connectivity index (χ0n) is 27.0. The monoisotopic (exact) mass is 560 g/mol. The van der Waals surface area contributed by atoms with Crippen LogP contribution in [0.2, 0.25) is 5.02 Å². The summed E-state index contributed by atoms with van der Waals surface area (Å²) in [5.41, 5.74) is 7.81. The van der Waals surface area contributed by atoms with Gasteiger partial charge < -0.3 is 16.1 Å². The number of fused-ring (bicyclic) bond motifs is 1. The van der Waals surface area contributed by atoms with E-state index in [-0.39, 0.29) is 33.2 Å². The predicted molar refractivity (Wildman–Crippen MR) is 154 cm³/mol. The first kappa shape index (κ1) is 19.6. The Morgan fingerprint density at radius 3 is 2.77 bits per heavy atom. The summed E-state index contributed by atoms with van der Waals surface area (Å²) >= 11 is 6.72. The average Bonchev–Trinajstić information content (AvgIpc) is 3.75. The topological polar surface area (TPSA) is 101 Å². The number of hydrazine groups is 2. The molecule has 6 rings (SSSR count). The van der Waals surface area contributed by atoms with E-state index in [1.54, 1.807) is 48.7 Å². The Bertz CT molecular complexity index is 1850. The third-order valence-corrected chi connectivity index (χ3v) is 6.98. The molecule has 1 aliphatic carbocycles. The number of rotatable bonds is 9. The Kier molecular flexibility index (Phi) is 5.40. The van der Waals surface area contributed by atoms with Gasteiger partial charge in [0, 0.05) is 42.6 Å². The zero-order valence-corrected chi connectivity index (χ0v) is 21.8. The second-order valence-corrected chi connectivity index (χ2v) is 9.84. The van der Waals surface area contributed by atoms with Gasteiger partial charge in [0.2, 0.25) is 5.95 Å². The molecule has 40 heavy (non-hydrogen) atoms. The van der Waals surface area contributed by atoms with Crippen molar-refractivity contribution in [3.05, 3.63) is 107 Å². The summed E-state index contributed by atoms with van der Waals surface area (Å²) in [6.45, 7) is -3.03. The first-order chi connectivity index (χ1) is 21.8. The number of pyridine rings is 2. The van der Waals surface area contributed by atoms with Gasteiger partial charge in [-0.2, -0.15) is 9.65 Å². The fourth-order valence-corrected chi connectivity index (χ4v) is 4.80. The van der Waals surface area contributed by atoms with Crippen LogP contribution in [0.1, 0.15) is 63.0 Å². The molecule has 0 saturated heterocycles. The van der Waals surface area contributed by atoms with E-state index in [1.807, 2.05) is 5.01 Å². The van der Waals surface area contributed by atoms with E-state index in [0.29, 0.717) is 22.5 Å². The van der Waals surface area contributed by atoms with Crippen LogP contribution >= 0.6 is 11.6 Å². The van der Waals surface area contributed by atoms with Crippen LogP contribution in [0.4, 0.5) is 15.8 Å². The van der Waals surface area contributed by atoms with Crippen molar-refractivity contribution in [3.63, 3.8) is 0 Å². The lowest BCUT2D eigenvalue weighted by Crippen LogP contribution is -2.38. The fraction of sp³-hybridized carbons (Fsp3) is 0.233. The quantitative estimate of drug-likeness (QED) is 0.176. The molecule has 0 bridgehead atoms. The molecule has 4 aromatic rings. The van der Waals surface area contributed by atoms with Crippen LogP contribution in [-0.2, 0) is 0 Å². The van der Waals surface area contributed by atoms with E-state index < -0.39 is 31.2 Å². The summed E-state index contributed by atoms with van der Waals surface area (Å²) in [7, 11) is 0. The lowest BCUT2D eigenvalue weighted by Gasteiger charge is -2.23. The van der Waals surface area contributed by atoms with Gasteiger partial charge in [-0.3, -0.25) is 9.99 Å². The molecule has 202 valence electrons. The molecule has 1 fully saturated rings. The molecule has 2 aromatic carbocycles. The minimum atomic E-state index is -3.03. The molecule has 0 unspecified atom stereocenters. The second kappa shape index (κ2) is 11.0. The van der Waals surface area contributed by atoms with Gasteiger partial charge in [-0.05, 0) is 48.5 Å². The minimum absolute atomic E-state index is 0.0207. The number of hydrogen-bond donors (Lipinski definition) is 4. The van der Waals surface area contributed by atoms with E-state index >= 15 is 0 Å². The molecule has 1 saturated carbocycles. The Labute approximate surface area is 245 Å². The summed E-state index contributed by atoms with van der Waals surface area (Å²) in [5, 5.41) is 18.5. The summed E-state index contributed by atoms with van der Waals surface area (Å²) in [6, 6.07) is 13.2. The van der Waals surface area contributed by atoms with Gasteiger partial charge in [-0.25, -0.2) is 4.98 Å². The molecule has 1 aliphatic heterocycles. The maximum absolute atomic E-state index is 13.8. The first-order valence-electron chi connectivity index (χ1n) is 15.6. The Morgan fingerprint density at radius 2 is 2.05 bits per heavy atom. The summed E-state index contributed by atoms with van der Waals surface area (Å²) in [6.07, 6.45) is 3.49. The van der Waals surface area contributed by atoms with Crippen molar-refractivity contribution in [2.24, 2.45) is 0 Å². The molecule has 0 spiro atoms. The van der Waals surface area contributed by atoms with E-state index in [1.165, 1.54) is 18.5 Å². The molecule has 10 heteroatoms. The Hall–Kier alpha value is -4.39. The Morgan fingerprint density at radius 1 is 1.20 bits per heavy atom. The van der Waals surface area contributed by atoms with Crippen LogP contribution in [0.5, 0.6) is 0 Å². The van der Waals surface area contributed by atoms with Gasteiger partial charge >= 0.3 is 0 Å². The smallest absolute Gasteiger partial charge is 0.212 e. The number of nitrogens with one attached hydrogen (secondary N) is 4. The average molecular weight is 561 g/mol. The highest BCUT2D eigenvalue weighted by Crippen LogP contribution is 2.38. The molecule has 2 atom stereocenters.